The molecule has 0 radical (unpaired) electrons. The number of benzene rings is 2. The molecule has 0 saturated carbocycles. The third-order valence-corrected chi connectivity index (χ3v) is 7.28. The summed E-state index contributed by atoms with van der Waals surface area (Å²) in [7, 11) is -3.48. The molecule has 0 spiro atoms. The summed E-state index contributed by atoms with van der Waals surface area (Å²) in [4.78, 5) is 0.272. The first-order valence-corrected chi connectivity index (χ1v) is 13.0. The van der Waals surface area contributed by atoms with Crippen molar-refractivity contribution >= 4 is 28.2 Å². The van der Waals surface area contributed by atoms with Crippen molar-refractivity contribution in [1.82, 2.24) is 9.81 Å². The second kappa shape index (κ2) is 9.74. The second-order valence-electron chi connectivity index (χ2n) is 6.06. The fourth-order valence-corrected chi connectivity index (χ4v) is 4.72. The van der Waals surface area contributed by atoms with Crippen molar-refractivity contribution in [2.75, 3.05) is 19.8 Å². The summed E-state index contributed by atoms with van der Waals surface area (Å²) in [6, 6.07) is 16.8. The summed E-state index contributed by atoms with van der Waals surface area (Å²) in [5.74, 6) is 0. The van der Waals surface area contributed by atoms with Crippen LogP contribution in [0.5, 0.6) is 0 Å². The Bertz CT molecular complexity index is 840. The molecular formula is C18H25N2O3PS2. The van der Waals surface area contributed by atoms with E-state index in [1.54, 1.807) is 24.3 Å². The predicted molar refractivity (Wildman–Crippen MR) is 110 cm³/mol. The molecule has 2 N–H and O–H groups in total. The summed E-state index contributed by atoms with van der Waals surface area (Å²) in [5.41, 5.74) is 2.17. The molecule has 2 aromatic rings. The van der Waals surface area contributed by atoms with Crippen LogP contribution in [0.3, 0.4) is 0 Å². The number of hydrogen-bond acceptors (Lipinski definition) is 4. The molecule has 0 amide bonds. The Morgan fingerprint density at radius 3 is 2.38 bits per heavy atom. The summed E-state index contributed by atoms with van der Waals surface area (Å²) < 4.78 is 32.7. The number of aryl methyl sites for hydroxylation is 1. The molecule has 5 nitrogen and oxygen atoms in total. The first kappa shape index (κ1) is 21.2. The highest BCUT2D eigenvalue weighted by Crippen LogP contribution is 2.38. The maximum atomic E-state index is 12.2. The Morgan fingerprint density at radius 2 is 1.73 bits per heavy atom. The molecule has 142 valence electrons. The Labute approximate surface area is 161 Å². The fourth-order valence-electron chi connectivity index (χ4n) is 2.19. The van der Waals surface area contributed by atoms with Crippen LogP contribution in [0.1, 0.15) is 17.5 Å². The van der Waals surface area contributed by atoms with E-state index in [0.29, 0.717) is 26.1 Å². The van der Waals surface area contributed by atoms with E-state index in [-0.39, 0.29) is 4.90 Å². The molecule has 2 aromatic carbocycles. The Hall–Kier alpha value is -1.08. The molecule has 0 aliphatic carbocycles. The average molecular weight is 413 g/mol. The van der Waals surface area contributed by atoms with Gasteiger partial charge >= 0.3 is 0 Å². The van der Waals surface area contributed by atoms with Crippen molar-refractivity contribution in [3.8, 4) is 0 Å². The number of sulfonamides is 1. The van der Waals surface area contributed by atoms with E-state index in [0.717, 1.165) is 11.1 Å². The maximum absolute atomic E-state index is 12.2. The van der Waals surface area contributed by atoms with Crippen LogP contribution in [0, 0.1) is 6.92 Å². The van der Waals surface area contributed by atoms with Crippen LogP contribution >= 0.6 is 6.42 Å². The highest BCUT2D eigenvalue weighted by Gasteiger charge is 2.13. The molecular weight excluding hydrogens is 387 g/mol. The van der Waals surface area contributed by atoms with Gasteiger partial charge in [-0.1, -0.05) is 59.8 Å². The van der Waals surface area contributed by atoms with Gasteiger partial charge in [0.2, 0.25) is 10.0 Å². The van der Waals surface area contributed by atoms with Crippen LogP contribution in [0.15, 0.2) is 59.5 Å². The molecule has 0 aliphatic heterocycles. The van der Waals surface area contributed by atoms with Crippen LogP contribution in [0.2, 0.25) is 0 Å². The van der Waals surface area contributed by atoms with E-state index in [1.807, 2.05) is 43.9 Å². The zero-order valence-electron chi connectivity index (χ0n) is 15.0. The summed E-state index contributed by atoms with van der Waals surface area (Å²) in [6.45, 7) is 5.19. The standard InChI is InChI=1S/C18H25N2O3PS2/c1-16-9-11-18(12-10-16)26(21,22)20-13-6-14-23-24(2,25)19-15-17-7-4-3-5-8-17/h3-5,7-12,20H,6,13-15H2,1-2H3,(H,19,25). The van der Waals surface area contributed by atoms with E-state index < -0.39 is 16.4 Å². The second-order valence-corrected chi connectivity index (χ2v) is 12.2. The Balaban J connectivity index is 1.70. The van der Waals surface area contributed by atoms with Gasteiger partial charge in [-0.25, -0.2) is 13.1 Å². The number of rotatable bonds is 10. The molecule has 8 heteroatoms. The molecule has 0 aromatic heterocycles. The van der Waals surface area contributed by atoms with Crippen molar-refractivity contribution in [1.29, 1.82) is 0 Å². The smallest absolute Gasteiger partial charge is 0.240 e. The van der Waals surface area contributed by atoms with Crippen LogP contribution in [-0.4, -0.2) is 28.2 Å². The predicted octanol–water partition coefficient (Wildman–Crippen LogP) is 3.41. The van der Waals surface area contributed by atoms with Crippen LogP contribution in [-0.2, 0) is 32.9 Å². The van der Waals surface area contributed by atoms with E-state index >= 15 is 0 Å². The van der Waals surface area contributed by atoms with Gasteiger partial charge in [-0.15, -0.1) is 0 Å². The SMILES string of the molecule is Cc1ccc(S(=O)(=O)NCCCOP(C)(=S)NCc2ccccc2)cc1. The van der Waals surface area contributed by atoms with Crippen molar-refractivity contribution in [3.63, 3.8) is 0 Å². The molecule has 0 fully saturated rings. The van der Waals surface area contributed by atoms with Crippen LogP contribution in [0.4, 0.5) is 0 Å². The van der Waals surface area contributed by atoms with Crippen molar-refractivity contribution in [2.24, 2.45) is 0 Å². The molecule has 0 bridgehead atoms. The minimum Gasteiger partial charge on any atom is -0.338 e. The average Bonchev–Trinajstić information content (AvgIpc) is 2.61. The van der Waals surface area contributed by atoms with E-state index in [4.69, 9.17) is 16.3 Å². The van der Waals surface area contributed by atoms with Gasteiger partial charge in [0.15, 0.2) is 0 Å². The number of nitrogens with one attached hydrogen (secondary N) is 2. The van der Waals surface area contributed by atoms with Gasteiger partial charge in [0.1, 0.15) is 6.42 Å². The lowest BCUT2D eigenvalue weighted by Crippen LogP contribution is -2.25. The lowest BCUT2D eigenvalue weighted by atomic mass is 10.2. The van der Waals surface area contributed by atoms with Crippen LogP contribution < -0.4 is 9.81 Å². The molecule has 1 atom stereocenters. The zero-order chi connectivity index (χ0) is 19.0. The van der Waals surface area contributed by atoms with Gasteiger partial charge in [-0.05, 0) is 31.0 Å². The lowest BCUT2D eigenvalue weighted by Gasteiger charge is -2.19. The monoisotopic (exact) mass is 412 g/mol. The van der Waals surface area contributed by atoms with E-state index in [1.165, 1.54) is 0 Å². The summed E-state index contributed by atoms with van der Waals surface area (Å²) >= 11 is 5.49. The van der Waals surface area contributed by atoms with E-state index in [2.05, 4.69) is 9.81 Å². The zero-order valence-corrected chi connectivity index (χ0v) is 17.5. The van der Waals surface area contributed by atoms with E-state index in [9.17, 15) is 8.42 Å². The van der Waals surface area contributed by atoms with Gasteiger partial charge in [0, 0.05) is 19.8 Å². The van der Waals surface area contributed by atoms with Gasteiger partial charge in [-0.2, -0.15) is 0 Å². The lowest BCUT2D eigenvalue weighted by molar-refractivity contribution is 0.339. The highest BCUT2D eigenvalue weighted by molar-refractivity contribution is 8.10. The van der Waals surface area contributed by atoms with Gasteiger partial charge in [-0.3, -0.25) is 5.09 Å². The molecule has 0 aliphatic rings. The third kappa shape index (κ3) is 7.27. The fraction of sp³-hybridized carbons (Fsp3) is 0.333. The highest BCUT2D eigenvalue weighted by atomic mass is 32.4. The first-order chi connectivity index (χ1) is 12.3. The van der Waals surface area contributed by atoms with Gasteiger partial charge < -0.3 is 4.52 Å². The first-order valence-electron chi connectivity index (χ1n) is 8.36. The third-order valence-electron chi connectivity index (χ3n) is 3.70. The number of hydrogen-bond donors (Lipinski definition) is 2. The normalized spacial score (nSPS) is 14.1. The van der Waals surface area contributed by atoms with Crippen molar-refractivity contribution in [3.05, 3.63) is 65.7 Å². The van der Waals surface area contributed by atoms with Crippen molar-refractivity contribution < 1.29 is 12.9 Å². The topological polar surface area (TPSA) is 67.4 Å². The Kier molecular flexibility index (Phi) is 7.95. The van der Waals surface area contributed by atoms with Gasteiger partial charge in [0.05, 0.1) is 11.5 Å². The Morgan fingerprint density at radius 1 is 1.08 bits per heavy atom. The maximum Gasteiger partial charge on any atom is 0.240 e. The molecule has 2 rings (SSSR count). The summed E-state index contributed by atoms with van der Waals surface area (Å²) in [5, 5.41) is 3.28. The quantitative estimate of drug-likeness (QED) is 0.462. The minimum absolute atomic E-state index is 0.272. The molecule has 0 heterocycles. The molecule has 1 unspecified atom stereocenters. The minimum atomic E-state index is -3.48. The summed E-state index contributed by atoms with van der Waals surface area (Å²) in [6.07, 6.45) is -1.54. The molecule has 0 saturated heterocycles. The molecule has 26 heavy (non-hydrogen) atoms. The van der Waals surface area contributed by atoms with Crippen LogP contribution in [0.25, 0.3) is 0 Å². The van der Waals surface area contributed by atoms with Gasteiger partial charge in [0.25, 0.3) is 0 Å². The van der Waals surface area contributed by atoms with Crippen molar-refractivity contribution in [2.45, 2.75) is 24.8 Å². The largest absolute Gasteiger partial charge is 0.338 e.